The second-order valence-corrected chi connectivity index (χ2v) is 3.66. The van der Waals surface area contributed by atoms with Gasteiger partial charge in [0.25, 0.3) is 0 Å². The van der Waals surface area contributed by atoms with E-state index in [1.54, 1.807) is 6.92 Å². The molecule has 0 aliphatic carbocycles. The molecule has 0 aliphatic rings. The SMILES string of the molecule is CC[C@H](C)[C@H](N)C(=O)N(CC)CC(=O)O. The first-order valence-corrected chi connectivity index (χ1v) is 5.20. The fourth-order valence-corrected chi connectivity index (χ4v) is 1.22. The van der Waals surface area contributed by atoms with E-state index >= 15 is 0 Å². The minimum atomic E-state index is -1.01. The van der Waals surface area contributed by atoms with E-state index in [1.807, 2.05) is 13.8 Å². The molecule has 0 rings (SSSR count). The fraction of sp³-hybridized carbons (Fsp3) is 0.800. The molecule has 0 aliphatic heterocycles. The second kappa shape index (κ2) is 6.40. The zero-order valence-corrected chi connectivity index (χ0v) is 9.56. The quantitative estimate of drug-likeness (QED) is 0.668. The van der Waals surface area contributed by atoms with Gasteiger partial charge in [-0.2, -0.15) is 0 Å². The summed E-state index contributed by atoms with van der Waals surface area (Å²) >= 11 is 0. The Morgan fingerprint density at radius 3 is 2.27 bits per heavy atom. The summed E-state index contributed by atoms with van der Waals surface area (Å²) in [6.45, 7) is 5.67. The van der Waals surface area contributed by atoms with Crippen molar-refractivity contribution in [2.24, 2.45) is 11.7 Å². The van der Waals surface area contributed by atoms with Crippen molar-refractivity contribution in [3.63, 3.8) is 0 Å². The van der Waals surface area contributed by atoms with Crippen molar-refractivity contribution in [3.8, 4) is 0 Å². The maximum atomic E-state index is 11.7. The van der Waals surface area contributed by atoms with Gasteiger partial charge in [0.2, 0.25) is 5.91 Å². The summed E-state index contributed by atoms with van der Waals surface area (Å²) in [6, 6.07) is -0.603. The molecule has 0 radical (unpaired) electrons. The van der Waals surface area contributed by atoms with Crippen molar-refractivity contribution in [3.05, 3.63) is 0 Å². The number of rotatable bonds is 6. The molecule has 3 N–H and O–H groups in total. The minimum Gasteiger partial charge on any atom is -0.480 e. The van der Waals surface area contributed by atoms with E-state index in [-0.39, 0.29) is 18.4 Å². The van der Waals surface area contributed by atoms with Gasteiger partial charge in [0.1, 0.15) is 6.54 Å². The number of aliphatic carboxylic acids is 1. The van der Waals surface area contributed by atoms with Crippen LogP contribution in [-0.2, 0) is 9.59 Å². The summed E-state index contributed by atoms with van der Waals surface area (Å²) in [5.41, 5.74) is 5.74. The van der Waals surface area contributed by atoms with Crippen LogP contribution in [0.1, 0.15) is 27.2 Å². The van der Waals surface area contributed by atoms with E-state index in [1.165, 1.54) is 4.90 Å². The van der Waals surface area contributed by atoms with Gasteiger partial charge in [0, 0.05) is 6.54 Å². The van der Waals surface area contributed by atoms with Gasteiger partial charge in [-0.05, 0) is 12.8 Å². The summed E-state index contributed by atoms with van der Waals surface area (Å²) in [6.07, 6.45) is 0.803. The van der Waals surface area contributed by atoms with Crippen LogP contribution in [0, 0.1) is 5.92 Å². The van der Waals surface area contributed by atoms with Gasteiger partial charge in [-0.1, -0.05) is 20.3 Å². The minimum absolute atomic E-state index is 0.0698. The standard InChI is InChI=1S/C10H20N2O3/c1-4-7(3)9(11)10(15)12(5-2)6-8(13)14/h7,9H,4-6,11H2,1-3H3,(H,13,14)/t7-,9-/m0/s1. The van der Waals surface area contributed by atoms with Crippen molar-refractivity contribution in [1.82, 2.24) is 4.90 Å². The number of carboxylic acids is 1. The Labute approximate surface area is 90.2 Å². The molecule has 0 heterocycles. The van der Waals surface area contributed by atoms with E-state index in [4.69, 9.17) is 10.8 Å². The highest BCUT2D eigenvalue weighted by Gasteiger charge is 2.25. The zero-order valence-electron chi connectivity index (χ0n) is 9.56. The van der Waals surface area contributed by atoms with Crippen LogP contribution in [0.4, 0.5) is 0 Å². The first-order chi connectivity index (χ1) is 6.93. The van der Waals surface area contributed by atoms with E-state index < -0.39 is 12.0 Å². The van der Waals surface area contributed by atoms with Crippen molar-refractivity contribution in [2.45, 2.75) is 33.2 Å². The lowest BCUT2D eigenvalue weighted by atomic mass is 9.99. The molecular formula is C10H20N2O3. The van der Waals surface area contributed by atoms with E-state index in [0.717, 1.165) is 6.42 Å². The van der Waals surface area contributed by atoms with Gasteiger partial charge in [0.15, 0.2) is 0 Å². The Morgan fingerprint density at radius 2 is 1.93 bits per heavy atom. The number of nitrogens with zero attached hydrogens (tertiary/aromatic N) is 1. The number of hydrogen-bond acceptors (Lipinski definition) is 3. The molecule has 0 fully saturated rings. The average Bonchev–Trinajstić information content (AvgIpc) is 2.22. The van der Waals surface area contributed by atoms with Gasteiger partial charge in [-0.25, -0.2) is 0 Å². The van der Waals surface area contributed by atoms with Crippen LogP contribution in [0.5, 0.6) is 0 Å². The molecule has 0 saturated carbocycles. The highest BCUT2D eigenvalue weighted by molar-refractivity contribution is 5.85. The number of nitrogens with two attached hydrogens (primary N) is 1. The molecule has 88 valence electrons. The third-order valence-electron chi connectivity index (χ3n) is 2.56. The van der Waals surface area contributed by atoms with Gasteiger partial charge >= 0.3 is 5.97 Å². The average molecular weight is 216 g/mol. The lowest BCUT2D eigenvalue weighted by Crippen LogP contribution is -2.48. The Hall–Kier alpha value is -1.10. The van der Waals surface area contributed by atoms with Gasteiger partial charge in [0.05, 0.1) is 6.04 Å². The second-order valence-electron chi connectivity index (χ2n) is 3.66. The molecule has 1 amide bonds. The van der Waals surface area contributed by atoms with E-state index in [2.05, 4.69) is 0 Å². The van der Waals surface area contributed by atoms with Crippen LogP contribution in [0.2, 0.25) is 0 Å². The smallest absolute Gasteiger partial charge is 0.323 e. The third kappa shape index (κ3) is 4.29. The third-order valence-corrected chi connectivity index (χ3v) is 2.56. The Bertz CT molecular complexity index is 231. The lowest BCUT2D eigenvalue weighted by molar-refractivity contribution is -0.145. The first kappa shape index (κ1) is 13.9. The number of amides is 1. The number of hydrogen-bond donors (Lipinski definition) is 2. The Morgan fingerprint density at radius 1 is 1.40 bits per heavy atom. The van der Waals surface area contributed by atoms with Crippen LogP contribution >= 0.6 is 0 Å². The largest absolute Gasteiger partial charge is 0.480 e. The summed E-state index contributed by atoms with van der Waals surface area (Å²) < 4.78 is 0. The van der Waals surface area contributed by atoms with Crippen LogP contribution in [-0.4, -0.2) is 41.0 Å². The molecular weight excluding hydrogens is 196 g/mol. The highest BCUT2D eigenvalue weighted by atomic mass is 16.4. The van der Waals surface area contributed by atoms with Crippen LogP contribution in [0.25, 0.3) is 0 Å². The van der Waals surface area contributed by atoms with E-state index in [9.17, 15) is 9.59 Å². The monoisotopic (exact) mass is 216 g/mol. The molecule has 0 spiro atoms. The maximum Gasteiger partial charge on any atom is 0.323 e. The molecule has 0 bridgehead atoms. The lowest BCUT2D eigenvalue weighted by Gasteiger charge is -2.25. The zero-order chi connectivity index (χ0) is 12.0. The van der Waals surface area contributed by atoms with Gasteiger partial charge in [-0.15, -0.1) is 0 Å². The molecule has 5 nitrogen and oxygen atoms in total. The Kier molecular flexibility index (Phi) is 5.93. The maximum absolute atomic E-state index is 11.7. The fourth-order valence-electron chi connectivity index (χ4n) is 1.22. The van der Waals surface area contributed by atoms with Crippen molar-refractivity contribution in [2.75, 3.05) is 13.1 Å². The van der Waals surface area contributed by atoms with Crippen molar-refractivity contribution in [1.29, 1.82) is 0 Å². The topological polar surface area (TPSA) is 83.6 Å². The highest BCUT2D eigenvalue weighted by Crippen LogP contribution is 2.08. The summed E-state index contributed by atoms with van der Waals surface area (Å²) in [5.74, 6) is -1.23. The number of likely N-dealkylation sites (N-methyl/N-ethyl adjacent to an activating group) is 1. The van der Waals surface area contributed by atoms with Crippen LogP contribution in [0.3, 0.4) is 0 Å². The van der Waals surface area contributed by atoms with E-state index in [0.29, 0.717) is 6.54 Å². The summed E-state index contributed by atoms with van der Waals surface area (Å²) in [4.78, 5) is 23.5. The molecule has 0 aromatic heterocycles. The molecule has 0 saturated heterocycles. The molecule has 0 unspecified atom stereocenters. The molecule has 5 heteroatoms. The molecule has 0 aromatic carbocycles. The Balaban J connectivity index is 4.43. The van der Waals surface area contributed by atoms with Gasteiger partial charge < -0.3 is 15.7 Å². The molecule has 2 atom stereocenters. The van der Waals surface area contributed by atoms with Crippen molar-refractivity contribution >= 4 is 11.9 Å². The number of carboxylic acid groups (broad SMARTS) is 1. The number of carbonyl (C=O) groups excluding carboxylic acids is 1. The van der Waals surface area contributed by atoms with Crippen molar-refractivity contribution < 1.29 is 14.7 Å². The van der Waals surface area contributed by atoms with Gasteiger partial charge in [-0.3, -0.25) is 9.59 Å². The molecule has 0 aromatic rings. The van der Waals surface area contributed by atoms with Crippen LogP contribution < -0.4 is 5.73 Å². The summed E-state index contributed by atoms with van der Waals surface area (Å²) in [5, 5.41) is 8.61. The first-order valence-electron chi connectivity index (χ1n) is 5.20. The normalized spacial score (nSPS) is 14.4. The molecule has 15 heavy (non-hydrogen) atoms. The predicted molar refractivity (Wildman–Crippen MR) is 57.3 cm³/mol. The predicted octanol–water partition coefficient (Wildman–Crippen LogP) is 0.293. The van der Waals surface area contributed by atoms with Crippen LogP contribution in [0.15, 0.2) is 0 Å². The summed E-state index contributed by atoms with van der Waals surface area (Å²) in [7, 11) is 0. The number of carbonyl (C=O) groups is 2.